The molecule has 0 bridgehead atoms. The molecule has 0 unspecified atom stereocenters. The van der Waals surface area contributed by atoms with Crippen molar-refractivity contribution in [3.8, 4) is 11.5 Å². The van der Waals surface area contributed by atoms with Crippen LogP contribution in [0.2, 0.25) is 0 Å². The van der Waals surface area contributed by atoms with Crippen LogP contribution in [0.5, 0.6) is 11.5 Å². The normalized spacial score (nSPS) is 15.5. The standard InChI is InChI=1S/C17H9Br3O4/c18-11-6-9(1-2-14(11)21)10-7-16(22)24-15(10)5-8-3-12(19)17(23)13(20)4-8/h1-7,21,23H/b15-5-. The Kier molecular flexibility index (Phi) is 4.85. The van der Waals surface area contributed by atoms with Crippen molar-refractivity contribution in [2.45, 2.75) is 0 Å². The molecular formula is C17H9Br3O4. The van der Waals surface area contributed by atoms with E-state index in [-0.39, 0.29) is 11.5 Å². The summed E-state index contributed by atoms with van der Waals surface area (Å²) in [7, 11) is 0. The first-order valence-corrected chi connectivity index (χ1v) is 9.05. The fraction of sp³-hybridized carbons (Fsp3) is 0. The molecule has 0 saturated heterocycles. The minimum atomic E-state index is -0.461. The van der Waals surface area contributed by atoms with Crippen LogP contribution in [0.15, 0.2) is 55.6 Å². The molecule has 0 radical (unpaired) electrons. The molecule has 122 valence electrons. The number of esters is 1. The molecule has 2 aromatic rings. The van der Waals surface area contributed by atoms with E-state index >= 15 is 0 Å². The lowest BCUT2D eigenvalue weighted by atomic mass is 10.0. The smallest absolute Gasteiger partial charge is 0.336 e. The molecule has 24 heavy (non-hydrogen) atoms. The van der Waals surface area contributed by atoms with Crippen molar-refractivity contribution < 1.29 is 19.7 Å². The zero-order valence-corrected chi connectivity index (χ0v) is 16.6. The van der Waals surface area contributed by atoms with E-state index in [4.69, 9.17) is 4.74 Å². The van der Waals surface area contributed by atoms with Crippen LogP contribution in [0.1, 0.15) is 11.1 Å². The Morgan fingerprint density at radius 2 is 1.62 bits per heavy atom. The number of hydrogen-bond donors (Lipinski definition) is 2. The summed E-state index contributed by atoms with van der Waals surface area (Å²) >= 11 is 9.80. The fourth-order valence-electron chi connectivity index (χ4n) is 2.21. The molecule has 0 amide bonds. The van der Waals surface area contributed by atoms with Crippen LogP contribution < -0.4 is 0 Å². The van der Waals surface area contributed by atoms with Crippen LogP contribution in [0, 0.1) is 0 Å². The van der Waals surface area contributed by atoms with Gasteiger partial charge < -0.3 is 14.9 Å². The van der Waals surface area contributed by atoms with Crippen LogP contribution in [-0.2, 0) is 9.53 Å². The highest BCUT2D eigenvalue weighted by molar-refractivity contribution is 9.11. The van der Waals surface area contributed by atoms with Crippen molar-refractivity contribution in [1.82, 2.24) is 0 Å². The number of halogens is 3. The summed E-state index contributed by atoms with van der Waals surface area (Å²) < 4.78 is 6.83. The molecular weight excluding hydrogens is 508 g/mol. The lowest BCUT2D eigenvalue weighted by Gasteiger charge is -2.08. The number of benzene rings is 2. The van der Waals surface area contributed by atoms with E-state index in [0.29, 0.717) is 24.8 Å². The quantitative estimate of drug-likeness (QED) is 0.527. The van der Waals surface area contributed by atoms with Crippen molar-refractivity contribution >= 4 is 65.4 Å². The van der Waals surface area contributed by atoms with Gasteiger partial charge in [0.2, 0.25) is 0 Å². The molecule has 0 aliphatic carbocycles. The van der Waals surface area contributed by atoms with Crippen LogP contribution in [0.3, 0.4) is 0 Å². The van der Waals surface area contributed by atoms with Gasteiger partial charge in [0, 0.05) is 11.6 Å². The summed E-state index contributed by atoms with van der Waals surface area (Å²) in [4.78, 5) is 11.7. The van der Waals surface area contributed by atoms with E-state index in [0.717, 1.165) is 11.1 Å². The molecule has 2 N–H and O–H groups in total. The maximum atomic E-state index is 11.7. The number of hydrogen-bond acceptors (Lipinski definition) is 4. The monoisotopic (exact) mass is 514 g/mol. The van der Waals surface area contributed by atoms with Crippen molar-refractivity contribution in [2.24, 2.45) is 0 Å². The summed E-state index contributed by atoms with van der Waals surface area (Å²) in [5, 5.41) is 19.4. The third-order valence-corrected chi connectivity index (χ3v) is 5.18. The molecule has 3 rings (SSSR count). The van der Waals surface area contributed by atoms with Gasteiger partial charge in [-0.05, 0) is 89.3 Å². The maximum absolute atomic E-state index is 11.7. The van der Waals surface area contributed by atoms with E-state index in [9.17, 15) is 15.0 Å². The lowest BCUT2D eigenvalue weighted by Crippen LogP contribution is -1.92. The fourth-order valence-corrected chi connectivity index (χ4v) is 3.81. The van der Waals surface area contributed by atoms with Gasteiger partial charge >= 0.3 is 5.97 Å². The van der Waals surface area contributed by atoms with Gasteiger partial charge in [0.25, 0.3) is 0 Å². The molecule has 0 spiro atoms. The third kappa shape index (κ3) is 3.43. The molecule has 0 atom stereocenters. The summed E-state index contributed by atoms with van der Waals surface area (Å²) in [6.45, 7) is 0. The van der Waals surface area contributed by atoms with Crippen LogP contribution >= 0.6 is 47.8 Å². The number of carbonyl (C=O) groups is 1. The van der Waals surface area contributed by atoms with E-state index < -0.39 is 5.97 Å². The van der Waals surface area contributed by atoms with Gasteiger partial charge in [-0.1, -0.05) is 6.07 Å². The largest absolute Gasteiger partial charge is 0.507 e. The number of cyclic esters (lactones) is 1. The Balaban J connectivity index is 2.05. The maximum Gasteiger partial charge on any atom is 0.336 e. The first kappa shape index (κ1) is 17.3. The minimum Gasteiger partial charge on any atom is -0.507 e. The van der Waals surface area contributed by atoms with Crippen molar-refractivity contribution in [2.75, 3.05) is 0 Å². The Bertz CT molecular complexity index is 893. The molecule has 1 heterocycles. The van der Waals surface area contributed by atoms with Gasteiger partial charge in [0.15, 0.2) is 0 Å². The third-order valence-electron chi connectivity index (χ3n) is 3.33. The van der Waals surface area contributed by atoms with Gasteiger partial charge in [0.05, 0.1) is 13.4 Å². The lowest BCUT2D eigenvalue weighted by molar-refractivity contribution is -0.132. The van der Waals surface area contributed by atoms with Gasteiger partial charge in [-0.2, -0.15) is 0 Å². The van der Waals surface area contributed by atoms with E-state index in [1.54, 1.807) is 30.3 Å². The number of carbonyl (C=O) groups excluding carboxylic acids is 1. The summed E-state index contributed by atoms with van der Waals surface area (Å²) in [5.41, 5.74) is 2.08. The second-order valence-corrected chi connectivity index (χ2v) is 7.55. The van der Waals surface area contributed by atoms with Crippen LogP contribution in [0.25, 0.3) is 11.6 Å². The van der Waals surface area contributed by atoms with Crippen molar-refractivity contribution in [3.05, 3.63) is 66.7 Å². The van der Waals surface area contributed by atoms with E-state index in [1.165, 1.54) is 12.1 Å². The first-order valence-electron chi connectivity index (χ1n) is 6.67. The number of ether oxygens (including phenoxy) is 1. The highest BCUT2D eigenvalue weighted by Crippen LogP contribution is 2.37. The highest BCUT2D eigenvalue weighted by Gasteiger charge is 2.22. The van der Waals surface area contributed by atoms with Crippen molar-refractivity contribution in [1.29, 1.82) is 0 Å². The molecule has 4 nitrogen and oxygen atoms in total. The minimum absolute atomic E-state index is 0.0961. The highest BCUT2D eigenvalue weighted by atomic mass is 79.9. The second kappa shape index (κ2) is 6.74. The molecule has 0 fully saturated rings. The van der Waals surface area contributed by atoms with E-state index in [2.05, 4.69) is 47.8 Å². The number of phenols is 2. The summed E-state index contributed by atoms with van der Waals surface area (Å²) in [5.74, 6) is 0.139. The average Bonchev–Trinajstić information content (AvgIpc) is 2.88. The van der Waals surface area contributed by atoms with Gasteiger partial charge in [-0.25, -0.2) is 4.79 Å². The topological polar surface area (TPSA) is 66.8 Å². The number of allylic oxidation sites excluding steroid dienone is 1. The summed E-state index contributed by atoms with van der Waals surface area (Å²) in [6, 6.07) is 8.37. The molecule has 7 heteroatoms. The summed E-state index contributed by atoms with van der Waals surface area (Å²) in [6.07, 6.45) is 3.10. The van der Waals surface area contributed by atoms with Crippen molar-refractivity contribution in [3.63, 3.8) is 0 Å². The Labute approximate surface area is 162 Å². The molecule has 1 aliphatic rings. The predicted octanol–water partition coefficient (Wildman–Crippen LogP) is 5.37. The Hall–Kier alpha value is -1.57. The van der Waals surface area contributed by atoms with E-state index in [1.807, 2.05) is 0 Å². The molecule has 2 aromatic carbocycles. The Morgan fingerprint density at radius 1 is 0.958 bits per heavy atom. The van der Waals surface area contributed by atoms with Crippen LogP contribution in [0.4, 0.5) is 0 Å². The number of aromatic hydroxyl groups is 2. The zero-order chi connectivity index (χ0) is 17.4. The molecule has 0 saturated carbocycles. The predicted molar refractivity (Wildman–Crippen MR) is 101 cm³/mol. The zero-order valence-electron chi connectivity index (χ0n) is 11.9. The second-order valence-electron chi connectivity index (χ2n) is 4.99. The average molecular weight is 517 g/mol. The van der Waals surface area contributed by atoms with Crippen LogP contribution in [-0.4, -0.2) is 16.2 Å². The van der Waals surface area contributed by atoms with Gasteiger partial charge in [0.1, 0.15) is 17.3 Å². The molecule has 1 aliphatic heterocycles. The van der Waals surface area contributed by atoms with Gasteiger partial charge in [-0.15, -0.1) is 0 Å². The number of phenolic OH excluding ortho intramolecular Hbond substituents is 2. The molecule has 0 aromatic heterocycles. The number of rotatable bonds is 2. The first-order chi connectivity index (χ1) is 11.3. The Morgan fingerprint density at radius 3 is 2.25 bits per heavy atom. The SMILES string of the molecule is O=C1C=C(c2ccc(O)c(Br)c2)/C(=C/c2cc(Br)c(O)c(Br)c2)O1. The van der Waals surface area contributed by atoms with Gasteiger partial charge in [-0.3, -0.25) is 0 Å².